The molecule has 180 valence electrons. The SMILES string of the molecule is CS(=O)(=O)c1ccc(CC[C@@]2(C3(C(F)(F)F)CCO3)CCN(Cc3ccc(Cl)cc3)C2)nc1. The van der Waals surface area contributed by atoms with Crippen LogP contribution in [0.3, 0.4) is 0 Å². The quantitative estimate of drug-likeness (QED) is 0.550. The van der Waals surface area contributed by atoms with E-state index in [1.165, 1.54) is 12.3 Å². The second-order valence-corrected chi connectivity index (χ2v) is 11.5. The Morgan fingerprint density at radius 2 is 1.85 bits per heavy atom. The van der Waals surface area contributed by atoms with E-state index in [0.717, 1.165) is 11.8 Å². The van der Waals surface area contributed by atoms with Crippen LogP contribution < -0.4 is 0 Å². The molecule has 0 saturated carbocycles. The van der Waals surface area contributed by atoms with Crippen molar-refractivity contribution in [2.24, 2.45) is 5.41 Å². The molecule has 0 spiro atoms. The van der Waals surface area contributed by atoms with Crippen LogP contribution in [0.25, 0.3) is 0 Å². The van der Waals surface area contributed by atoms with Gasteiger partial charge in [0.2, 0.25) is 0 Å². The number of likely N-dealkylation sites (tertiary alicyclic amines) is 1. The van der Waals surface area contributed by atoms with Gasteiger partial charge in [0.15, 0.2) is 15.4 Å². The Labute approximate surface area is 196 Å². The van der Waals surface area contributed by atoms with E-state index in [1.807, 2.05) is 17.0 Å². The zero-order valence-corrected chi connectivity index (χ0v) is 19.8. The molecule has 10 heteroatoms. The molecular weight excluding hydrogens is 477 g/mol. The third kappa shape index (κ3) is 4.78. The molecule has 0 amide bonds. The second-order valence-electron chi connectivity index (χ2n) is 9.05. The Hall–Kier alpha value is -1.68. The lowest BCUT2D eigenvalue weighted by Crippen LogP contribution is -2.67. The van der Waals surface area contributed by atoms with Gasteiger partial charge in [-0.1, -0.05) is 23.7 Å². The molecule has 2 aliphatic heterocycles. The molecule has 2 atom stereocenters. The summed E-state index contributed by atoms with van der Waals surface area (Å²) in [5.41, 5.74) is -1.72. The number of alkyl halides is 3. The average Bonchev–Trinajstić information content (AvgIpc) is 3.09. The van der Waals surface area contributed by atoms with E-state index in [0.29, 0.717) is 36.6 Å². The zero-order valence-electron chi connectivity index (χ0n) is 18.2. The molecule has 1 unspecified atom stereocenters. The Bertz CT molecular complexity index is 1090. The smallest absolute Gasteiger partial charge is 0.365 e. The summed E-state index contributed by atoms with van der Waals surface area (Å²) < 4.78 is 71.7. The molecule has 4 rings (SSSR count). The molecule has 5 nitrogen and oxygen atoms in total. The third-order valence-corrected chi connectivity index (χ3v) is 8.30. The number of aromatic nitrogens is 1. The maximum Gasteiger partial charge on any atom is 0.418 e. The van der Waals surface area contributed by atoms with Gasteiger partial charge in [0.05, 0.1) is 11.5 Å². The molecule has 2 aromatic rings. The van der Waals surface area contributed by atoms with Gasteiger partial charge in [-0.3, -0.25) is 9.88 Å². The van der Waals surface area contributed by atoms with Gasteiger partial charge >= 0.3 is 6.18 Å². The van der Waals surface area contributed by atoms with Crippen molar-refractivity contribution in [2.75, 3.05) is 26.0 Å². The van der Waals surface area contributed by atoms with Crippen LogP contribution in [0.2, 0.25) is 5.02 Å². The first-order chi connectivity index (χ1) is 15.4. The molecule has 2 saturated heterocycles. The number of rotatable bonds is 7. The number of halogens is 4. The van der Waals surface area contributed by atoms with Crippen molar-refractivity contribution in [3.05, 3.63) is 58.9 Å². The third-order valence-electron chi connectivity index (χ3n) is 6.95. The molecule has 1 aromatic carbocycles. The van der Waals surface area contributed by atoms with Gasteiger partial charge in [0, 0.05) is 48.1 Å². The molecule has 0 aliphatic carbocycles. The number of aryl methyl sites for hydroxylation is 1. The monoisotopic (exact) mass is 502 g/mol. The predicted molar refractivity (Wildman–Crippen MR) is 119 cm³/mol. The number of sulfone groups is 1. The largest absolute Gasteiger partial charge is 0.418 e. The molecule has 0 radical (unpaired) electrons. The molecule has 1 aromatic heterocycles. The summed E-state index contributed by atoms with van der Waals surface area (Å²) in [5, 5.41) is 0.614. The van der Waals surface area contributed by atoms with Crippen molar-refractivity contribution in [2.45, 2.75) is 48.9 Å². The number of hydrogen-bond donors (Lipinski definition) is 0. The van der Waals surface area contributed by atoms with Gasteiger partial charge in [-0.05, 0) is 55.6 Å². The van der Waals surface area contributed by atoms with E-state index >= 15 is 0 Å². The lowest BCUT2D eigenvalue weighted by molar-refractivity contribution is -0.366. The number of nitrogens with zero attached hydrogens (tertiary/aromatic N) is 2. The molecule has 0 N–H and O–H groups in total. The van der Waals surface area contributed by atoms with Crippen LogP contribution in [-0.4, -0.2) is 56.0 Å². The van der Waals surface area contributed by atoms with E-state index in [4.69, 9.17) is 16.3 Å². The van der Waals surface area contributed by atoms with Gasteiger partial charge in [-0.15, -0.1) is 0 Å². The zero-order chi connectivity index (χ0) is 23.9. The summed E-state index contributed by atoms with van der Waals surface area (Å²) in [5.74, 6) is 0. The molecular formula is C23H26ClF3N2O3S. The summed E-state index contributed by atoms with van der Waals surface area (Å²) in [6.07, 6.45) is -1.26. The van der Waals surface area contributed by atoms with Crippen LogP contribution >= 0.6 is 11.6 Å². The Morgan fingerprint density at radius 1 is 1.15 bits per heavy atom. The van der Waals surface area contributed by atoms with E-state index in [1.54, 1.807) is 18.2 Å². The van der Waals surface area contributed by atoms with Crippen molar-refractivity contribution in [1.29, 1.82) is 0 Å². The van der Waals surface area contributed by atoms with Crippen LogP contribution in [-0.2, 0) is 27.5 Å². The summed E-state index contributed by atoms with van der Waals surface area (Å²) in [4.78, 5) is 6.32. The fourth-order valence-corrected chi connectivity index (χ4v) is 5.76. The fraction of sp³-hybridized carbons (Fsp3) is 0.522. The summed E-state index contributed by atoms with van der Waals surface area (Å²) in [6.45, 7) is 1.43. The molecule has 33 heavy (non-hydrogen) atoms. The summed E-state index contributed by atoms with van der Waals surface area (Å²) >= 11 is 5.95. The maximum absolute atomic E-state index is 14.3. The van der Waals surface area contributed by atoms with Crippen molar-refractivity contribution in [1.82, 2.24) is 9.88 Å². The normalized spacial score (nSPS) is 26.3. The minimum atomic E-state index is -4.48. The van der Waals surface area contributed by atoms with Crippen LogP contribution in [0, 0.1) is 5.41 Å². The van der Waals surface area contributed by atoms with E-state index in [2.05, 4.69) is 4.98 Å². The number of ether oxygens (including phenoxy) is 1. The highest BCUT2D eigenvalue weighted by molar-refractivity contribution is 7.90. The highest BCUT2D eigenvalue weighted by Gasteiger charge is 2.71. The summed E-state index contributed by atoms with van der Waals surface area (Å²) in [7, 11) is -3.39. The molecule has 2 fully saturated rings. The molecule has 2 aliphatic rings. The van der Waals surface area contributed by atoms with Crippen LogP contribution in [0.15, 0.2) is 47.5 Å². The van der Waals surface area contributed by atoms with Crippen LogP contribution in [0.4, 0.5) is 13.2 Å². The molecule has 3 heterocycles. The Morgan fingerprint density at radius 3 is 2.36 bits per heavy atom. The second kappa shape index (κ2) is 8.83. The van der Waals surface area contributed by atoms with Crippen molar-refractivity contribution in [3.63, 3.8) is 0 Å². The fourth-order valence-electron chi connectivity index (χ4n) is 5.07. The number of hydrogen-bond acceptors (Lipinski definition) is 5. The van der Waals surface area contributed by atoms with Gasteiger partial charge in [0.25, 0.3) is 0 Å². The van der Waals surface area contributed by atoms with Gasteiger partial charge in [0.1, 0.15) is 0 Å². The van der Waals surface area contributed by atoms with Crippen molar-refractivity contribution >= 4 is 21.4 Å². The first-order valence-electron chi connectivity index (χ1n) is 10.8. The minimum absolute atomic E-state index is 0.0499. The van der Waals surface area contributed by atoms with Crippen LogP contribution in [0.5, 0.6) is 0 Å². The first kappa shape index (κ1) is 24.4. The standard InChI is InChI=1S/C23H26ClF3N2O3S/c1-33(30,31)20-7-6-19(28-14-20)8-9-21(22(11-13-32-22)23(25,26)27)10-12-29(16-21)15-17-2-4-18(24)5-3-17/h2-7,14H,8-13,15-16H2,1H3/t21-,22?/m1/s1. The molecule has 0 bridgehead atoms. The van der Waals surface area contributed by atoms with E-state index in [-0.39, 0.29) is 30.9 Å². The Balaban J connectivity index is 1.56. The minimum Gasteiger partial charge on any atom is -0.365 e. The van der Waals surface area contributed by atoms with Gasteiger partial charge in [-0.2, -0.15) is 13.2 Å². The van der Waals surface area contributed by atoms with Crippen molar-refractivity contribution < 1.29 is 26.3 Å². The van der Waals surface area contributed by atoms with E-state index < -0.39 is 27.0 Å². The average molecular weight is 503 g/mol. The predicted octanol–water partition coefficient (Wildman–Crippen LogP) is 4.68. The van der Waals surface area contributed by atoms with Gasteiger partial charge in [-0.25, -0.2) is 8.42 Å². The number of benzene rings is 1. The van der Waals surface area contributed by atoms with Crippen LogP contribution in [0.1, 0.15) is 30.5 Å². The van der Waals surface area contributed by atoms with Gasteiger partial charge < -0.3 is 4.74 Å². The topological polar surface area (TPSA) is 59.5 Å². The lowest BCUT2D eigenvalue weighted by Gasteiger charge is -2.54. The van der Waals surface area contributed by atoms with E-state index in [9.17, 15) is 21.6 Å². The highest BCUT2D eigenvalue weighted by Crippen LogP contribution is 2.59. The van der Waals surface area contributed by atoms with Crippen molar-refractivity contribution in [3.8, 4) is 0 Å². The maximum atomic E-state index is 14.3. The summed E-state index contributed by atoms with van der Waals surface area (Å²) in [6, 6.07) is 10.3. The first-order valence-corrected chi connectivity index (χ1v) is 13.0. The number of pyridine rings is 1. The Kier molecular flexibility index (Phi) is 6.54. The highest BCUT2D eigenvalue weighted by atomic mass is 35.5. The lowest BCUT2D eigenvalue weighted by atomic mass is 9.64.